The summed E-state index contributed by atoms with van der Waals surface area (Å²) in [6, 6.07) is 5.05. The monoisotopic (exact) mass is 379 g/mol. The Hall–Kier alpha value is -1.38. The molecule has 0 atom stereocenters. The van der Waals surface area contributed by atoms with Gasteiger partial charge in [0.25, 0.3) is 10.0 Å². The number of benzene rings is 1. The van der Waals surface area contributed by atoms with E-state index in [0.29, 0.717) is 4.47 Å². The number of hydrogen-bond donors (Lipinski definition) is 2. The van der Waals surface area contributed by atoms with Crippen molar-refractivity contribution < 1.29 is 12.8 Å². The van der Waals surface area contributed by atoms with E-state index in [1.165, 1.54) is 6.20 Å². The van der Waals surface area contributed by atoms with Crippen LogP contribution in [0.25, 0.3) is 0 Å². The molecule has 0 aliphatic heterocycles. The van der Waals surface area contributed by atoms with Crippen LogP contribution in [-0.2, 0) is 10.0 Å². The number of anilines is 2. The van der Waals surface area contributed by atoms with Crippen LogP contribution >= 0.6 is 27.5 Å². The van der Waals surface area contributed by atoms with Crippen molar-refractivity contribution in [1.29, 1.82) is 0 Å². The first kappa shape index (κ1) is 15.0. The van der Waals surface area contributed by atoms with Crippen LogP contribution in [0.1, 0.15) is 0 Å². The molecule has 5 nitrogen and oxygen atoms in total. The van der Waals surface area contributed by atoms with E-state index in [1.54, 1.807) is 12.1 Å². The Kier molecular flexibility index (Phi) is 4.17. The number of nitrogens with zero attached hydrogens (tertiary/aromatic N) is 1. The highest BCUT2D eigenvalue weighted by Gasteiger charge is 2.21. The molecule has 9 heteroatoms. The number of nitrogens with two attached hydrogens (primary N) is 1. The number of rotatable bonds is 3. The highest BCUT2D eigenvalue weighted by atomic mass is 79.9. The van der Waals surface area contributed by atoms with Gasteiger partial charge in [0.15, 0.2) is 5.82 Å². The van der Waals surface area contributed by atoms with Crippen LogP contribution in [0.15, 0.2) is 39.8 Å². The van der Waals surface area contributed by atoms with Gasteiger partial charge in [0.1, 0.15) is 10.7 Å². The molecular weight excluding hydrogens is 373 g/mol. The molecule has 20 heavy (non-hydrogen) atoms. The van der Waals surface area contributed by atoms with Crippen LogP contribution in [-0.4, -0.2) is 13.4 Å². The molecule has 0 unspecified atom stereocenters. The Labute approximate surface area is 128 Å². The van der Waals surface area contributed by atoms with E-state index >= 15 is 0 Å². The van der Waals surface area contributed by atoms with E-state index in [0.717, 1.165) is 12.1 Å². The zero-order chi connectivity index (χ0) is 14.9. The summed E-state index contributed by atoms with van der Waals surface area (Å²) < 4.78 is 40.3. The maximum atomic E-state index is 13.2. The van der Waals surface area contributed by atoms with Crippen LogP contribution in [0.5, 0.6) is 0 Å². The van der Waals surface area contributed by atoms with E-state index in [9.17, 15) is 12.8 Å². The molecule has 1 heterocycles. The molecule has 0 aliphatic rings. The van der Waals surface area contributed by atoms with Crippen LogP contribution in [0.2, 0.25) is 5.02 Å². The third-order valence-electron chi connectivity index (χ3n) is 2.33. The summed E-state index contributed by atoms with van der Waals surface area (Å²) in [6.45, 7) is 0. The minimum atomic E-state index is -4.03. The lowest BCUT2D eigenvalue weighted by Crippen LogP contribution is -2.15. The van der Waals surface area contributed by atoms with Gasteiger partial charge in [0.05, 0.1) is 15.2 Å². The quantitative estimate of drug-likeness (QED) is 0.802. The highest BCUT2D eigenvalue weighted by molar-refractivity contribution is 9.10. The molecule has 0 saturated heterocycles. The Bertz CT molecular complexity index is 770. The van der Waals surface area contributed by atoms with E-state index < -0.39 is 15.8 Å². The smallest absolute Gasteiger partial charge is 0.264 e. The number of pyridine rings is 1. The van der Waals surface area contributed by atoms with Crippen molar-refractivity contribution in [3.05, 3.63) is 45.8 Å². The summed E-state index contributed by atoms with van der Waals surface area (Å²) in [7, 11) is -4.03. The van der Waals surface area contributed by atoms with Gasteiger partial charge in [-0.1, -0.05) is 11.6 Å². The van der Waals surface area contributed by atoms with Crippen LogP contribution < -0.4 is 10.5 Å². The summed E-state index contributed by atoms with van der Waals surface area (Å²) in [5, 5.41) is -0.267. The van der Waals surface area contributed by atoms with E-state index in [4.69, 9.17) is 17.3 Å². The summed E-state index contributed by atoms with van der Waals surface area (Å²) in [5.41, 5.74) is 5.05. The number of hydrogen-bond acceptors (Lipinski definition) is 4. The third kappa shape index (κ3) is 3.02. The number of nitrogen functional groups attached to an aromatic ring is 1. The number of nitrogens with one attached hydrogen (secondary N) is 1. The standard InChI is InChI=1S/C11H8BrClFN3O2S/c12-6-2-1-3-16-11(6)17-20(18,19)10-5-9(15)8(14)4-7(10)13/h1-5H,15H2,(H,16,17). The molecule has 106 valence electrons. The lowest BCUT2D eigenvalue weighted by atomic mass is 10.3. The van der Waals surface area contributed by atoms with Gasteiger partial charge < -0.3 is 5.73 Å². The maximum Gasteiger partial charge on any atom is 0.264 e. The third-order valence-corrected chi connectivity index (χ3v) is 4.77. The zero-order valence-corrected chi connectivity index (χ0v) is 12.9. The highest BCUT2D eigenvalue weighted by Crippen LogP contribution is 2.29. The molecule has 1 aromatic carbocycles. The predicted octanol–water partition coefficient (Wildman–Crippen LogP) is 3.02. The molecule has 3 N–H and O–H groups in total. The van der Waals surface area contributed by atoms with Gasteiger partial charge in [-0.05, 0) is 40.2 Å². The average Bonchev–Trinajstić information content (AvgIpc) is 2.36. The van der Waals surface area contributed by atoms with Gasteiger partial charge in [0, 0.05) is 6.20 Å². The van der Waals surface area contributed by atoms with Gasteiger partial charge in [-0.3, -0.25) is 4.72 Å². The first-order chi connectivity index (χ1) is 9.31. The molecule has 2 rings (SSSR count). The molecule has 0 spiro atoms. The van der Waals surface area contributed by atoms with Gasteiger partial charge >= 0.3 is 0 Å². The molecule has 0 bridgehead atoms. The molecule has 0 radical (unpaired) electrons. The van der Waals surface area contributed by atoms with Crippen molar-refractivity contribution in [1.82, 2.24) is 4.98 Å². The van der Waals surface area contributed by atoms with E-state index in [1.807, 2.05) is 0 Å². The van der Waals surface area contributed by atoms with Crippen molar-refractivity contribution in [2.75, 3.05) is 10.5 Å². The fourth-order valence-corrected chi connectivity index (χ4v) is 3.46. The molecule has 2 aromatic rings. The van der Waals surface area contributed by atoms with Gasteiger partial charge in [-0.2, -0.15) is 0 Å². The fraction of sp³-hybridized carbons (Fsp3) is 0. The van der Waals surface area contributed by atoms with Gasteiger partial charge in [0.2, 0.25) is 0 Å². The van der Waals surface area contributed by atoms with Crippen molar-refractivity contribution in [2.45, 2.75) is 4.90 Å². The maximum absolute atomic E-state index is 13.2. The van der Waals surface area contributed by atoms with E-state index in [-0.39, 0.29) is 21.4 Å². The van der Waals surface area contributed by atoms with Crippen molar-refractivity contribution in [2.24, 2.45) is 0 Å². The SMILES string of the molecule is Nc1cc(S(=O)(=O)Nc2ncccc2Br)c(Cl)cc1F. The Morgan fingerprint density at radius 3 is 2.75 bits per heavy atom. The Morgan fingerprint density at radius 2 is 2.10 bits per heavy atom. The molecule has 1 aromatic heterocycles. The largest absolute Gasteiger partial charge is 0.396 e. The second-order valence-corrected chi connectivity index (χ2v) is 6.66. The molecule has 0 fully saturated rings. The second-order valence-electron chi connectivity index (χ2n) is 3.74. The van der Waals surface area contributed by atoms with Crippen LogP contribution in [0.4, 0.5) is 15.9 Å². The van der Waals surface area contributed by atoms with Gasteiger partial charge in [-0.15, -0.1) is 0 Å². The van der Waals surface area contributed by atoms with Crippen molar-refractivity contribution in [3.63, 3.8) is 0 Å². The molecule has 0 saturated carbocycles. The fourth-order valence-electron chi connectivity index (χ4n) is 1.39. The molecular formula is C11H8BrClFN3O2S. The summed E-state index contributed by atoms with van der Waals surface area (Å²) in [6.07, 6.45) is 1.42. The summed E-state index contributed by atoms with van der Waals surface area (Å²) >= 11 is 8.90. The topological polar surface area (TPSA) is 85.1 Å². The van der Waals surface area contributed by atoms with Crippen molar-refractivity contribution in [3.8, 4) is 0 Å². The van der Waals surface area contributed by atoms with Crippen LogP contribution in [0.3, 0.4) is 0 Å². The normalized spacial score (nSPS) is 11.3. The Balaban J connectivity index is 2.47. The minimum Gasteiger partial charge on any atom is -0.396 e. The number of aromatic nitrogens is 1. The lowest BCUT2D eigenvalue weighted by molar-refractivity contribution is 0.600. The predicted molar refractivity (Wildman–Crippen MR) is 78.6 cm³/mol. The number of sulfonamides is 1. The zero-order valence-electron chi connectivity index (χ0n) is 9.77. The van der Waals surface area contributed by atoms with Crippen molar-refractivity contribution >= 4 is 49.1 Å². The molecule has 0 aliphatic carbocycles. The average molecular weight is 381 g/mol. The first-order valence-corrected chi connectivity index (χ1v) is 7.84. The Morgan fingerprint density at radius 1 is 1.40 bits per heavy atom. The summed E-state index contributed by atoms with van der Waals surface area (Å²) in [5.74, 6) is -0.695. The minimum absolute atomic E-state index is 0.0893. The lowest BCUT2D eigenvalue weighted by Gasteiger charge is -2.10. The second kappa shape index (κ2) is 5.55. The summed E-state index contributed by atoms with van der Waals surface area (Å²) in [4.78, 5) is 3.55. The van der Waals surface area contributed by atoms with Gasteiger partial charge in [-0.25, -0.2) is 17.8 Å². The molecule has 0 amide bonds. The number of halogens is 3. The van der Waals surface area contributed by atoms with Crippen LogP contribution in [0, 0.1) is 5.82 Å². The van der Waals surface area contributed by atoms with E-state index in [2.05, 4.69) is 25.6 Å². The first-order valence-electron chi connectivity index (χ1n) is 5.19.